The molecule has 0 bridgehead atoms. The van der Waals surface area contributed by atoms with Gasteiger partial charge in [0.05, 0.1) is 23.0 Å². The fraction of sp³-hybridized carbons (Fsp3) is 0.300. The fourth-order valence-corrected chi connectivity index (χ4v) is 4.04. The Hall–Kier alpha value is -3.20. The Morgan fingerprint density at radius 1 is 1.17 bits per heavy atom. The Balaban J connectivity index is 1.54. The van der Waals surface area contributed by atoms with E-state index in [-0.39, 0.29) is 17.9 Å². The van der Waals surface area contributed by atoms with Crippen molar-refractivity contribution in [3.63, 3.8) is 0 Å². The number of hydrogen-bond acceptors (Lipinski definition) is 7. The first-order valence-electron chi connectivity index (χ1n) is 9.34. The van der Waals surface area contributed by atoms with Gasteiger partial charge in [-0.25, -0.2) is 9.97 Å². The predicted octanol–water partition coefficient (Wildman–Crippen LogP) is 3.17. The van der Waals surface area contributed by atoms with Crippen molar-refractivity contribution in [1.29, 1.82) is 0 Å². The Bertz CT molecular complexity index is 1050. The highest BCUT2D eigenvalue weighted by Gasteiger charge is 2.34. The van der Waals surface area contributed by atoms with Crippen LogP contribution in [0.3, 0.4) is 0 Å². The molecular formula is C20H20N6O2S. The third-order valence-corrected chi connectivity index (χ3v) is 5.75. The minimum atomic E-state index is -0.258. The summed E-state index contributed by atoms with van der Waals surface area (Å²) in [5.74, 6) is 0.206. The Kier molecular flexibility index (Phi) is 5.30. The molecule has 3 heterocycles. The van der Waals surface area contributed by atoms with E-state index in [1.165, 1.54) is 6.20 Å². The molecule has 148 valence electrons. The smallest absolute Gasteiger partial charge is 0.268 e. The number of nitrogens with one attached hydrogen (secondary N) is 1. The number of carbonyl (C=O) groups is 2. The Morgan fingerprint density at radius 3 is 2.66 bits per heavy atom. The quantitative estimate of drug-likeness (QED) is 0.712. The first-order chi connectivity index (χ1) is 14.0. The van der Waals surface area contributed by atoms with Gasteiger partial charge in [-0.15, -0.1) is 5.10 Å². The van der Waals surface area contributed by atoms with E-state index in [4.69, 9.17) is 0 Å². The number of rotatable bonds is 4. The molecule has 1 fully saturated rings. The molecule has 9 heteroatoms. The average molecular weight is 408 g/mol. The van der Waals surface area contributed by atoms with E-state index in [1.54, 1.807) is 18.7 Å². The second-order valence-electron chi connectivity index (χ2n) is 6.89. The number of para-hydroxylation sites is 1. The summed E-state index contributed by atoms with van der Waals surface area (Å²) in [5, 5.41) is 6.78. The van der Waals surface area contributed by atoms with Crippen molar-refractivity contribution in [3.8, 4) is 0 Å². The largest absolute Gasteiger partial charge is 0.328 e. The van der Waals surface area contributed by atoms with Gasteiger partial charge in [-0.1, -0.05) is 22.7 Å². The molecule has 0 unspecified atom stereocenters. The zero-order valence-electron chi connectivity index (χ0n) is 16.1. The SMILES string of the molecule is Cc1nc([C@@H]2CCCN2C(=O)c2snnc2C)ncc1C(=O)Nc1ccccc1. The summed E-state index contributed by atoms with van der Waals surface area (Å²) in [6.45, 7) is 4.20. The minimum absolute atomic E-state index is 0.0906. The van der Waals surface area contributed by atoms with E-state index >= 15 is 0 Å². The lowest BCUT2D eigenvalue weighted by Gasteiger charge is -2.23. The molecule has 0 spiro atoms. The number of amides is 2. The molecule has 1 aromatic carbocycles. The maximum absolute atomic E-state index is 12.9. The van der Waals surface area contributed by atoms with E-state index in [9.17, 15) is 9.59 Å². The van der Waals surface area contributed by atoms with E-state index in [1.807, 2.05) is 30.3 Å². The molecule has 2 aromatic heterocycles. The summed E-state index contributed by atoms with van der Waals surface area (Å²) in [5.41, 5.74) is 2.34. The average Bonchev–Trinajstić information content (AvgIpc) is 3.37. The van der Waals surface area contributed by atoms with Crippen molar-refractivity contribution >= 4 is 29.0 Å². The number of hydrogen-bond donors (Lipinski definition) is 1. The van der Waals surface area contributed by atoms with E-state index < -0.39 is 0 Å². The monoisotopic (exact) mass is 408 g/mol. The van der Waals surface area contributed by atoms with Gasteiger partial charge < -0.3 is 10.2 Å². The van der Waals surface area contributed by atoms with Crippen molar-refractivity contribution < 1.29 is 9.59 Å². The normalized spacial score (nSPS) is 16.1. The number of carbonyl (C=O) groups excluding carboxylic acids is 2. The van der Waals surface area contributed by atoms with Crippen LogP contribution in [0.1, 0.15) is 56.1 Å². The molecule has 29 heavy (non-hydrogen) atoms. The van der Waals surface area contributed by atoms with Gasteiger partial charge in [0.2, 0.25) is 0 Å². The van der Waals surface area contributed by atoms with Crippen LogP contribution in [0, 0.1) is 13.8 Å². The van der Waals surface area contributed by atoms with Crippen molar-refractivity contribution in [2.75, 3.05) is 11.9 Å². The van der Waals surface area contributed by atoms with Crippen LogP contribution in [-0.4, -0.2) is 42.8 Å². The van der Waals surface area contributed by atoms with Gasteiger partial charge in [0.25, 0.3) is 11.8 Å². The third-order valence-electron chi connectivity index (χ3n) is 4.93. The zero-order valence-corrected chi connectivity index (χ0v) is 16.9. The van der Waals surface area contributed by atoms with Crippen molar-refractivity contribution in [3.05, 3.63) is 64.2 Å². The molecule has 1 aliphatic rings. The third kappa shape index (κ3) is 3.86. The summed E-state index contributed by atoms with van der Waals surface area (Å²) < 4.78 is 3.86. The molecule has 0 aliphatic carbocycles. The highest BCUT2D eigenvalue weighted by atomic mass is 32.1. The topological polar surface area (TPSA) is 101 Å². The van der Waals surface area contributed by atoms with Crippen LogP contribution in [0.25, 0.3) is 0 Å². The van der Waals surface area contributed by atoms with Crippen LogP contribution in [0.15, 0.2) is 36.5 Å². The first-order valence-corrected chi connectivity index (χ1v) is 10.1. The van der Waals surface area contributed by atoms with Crippen LogP contribution in [0.2, 0.25) is 0 Å². The van der Waals surface area contributed by atoms with Gasteiger partial charge in [-0.05, 0) is 50.4 Å². The molecule has 4 rings (SSSR count). The maximum Gasteiger partial charge on any atom is 0.268 e. The number of aromatic nitrogens is 4. The second kappa shape index (κ2) is 8.04. The fourth-order valence-electron chi connectivity index (χ4n) is 3.42. The standard InChI is InChI=1S/C20H20N6O2S/c1-12-15(19(27)23-14-7-4-3-5-8-14)11-21-18(22-12)16-9-6-10-26(16)20(28)17-13(2)24-25-29-17/h3-5,7-8,11,16H,6,9-10H2,1-2H3,(H,23,27)/t16-/m0/s1. The lowest BCUT2D eigenvalue weighted by molar-refractivity contribution is 0.0733. The molecule has 1 aliphatic heterocycles. The van der Waals surface area contributed by atoms with E-state index in [0.717, 1.165) is 24.4 Å². The molecule has 1 saturated heterocycles. The number of aryl methyl sites for hydroxylation is 2. The van der Waals surface area contributed by atoms with Crippen molar-refractivity contribution in [2.24, 2.45) is 0 Å². The Morgan fingerprint density at radius 2 is 1.97 bits per heavy atom. The molecule has 8 nitrogen and oxygen atoms in total. The van der Waals surface area contributed by atoms with Crippen LogP contribution in [0.4, 0.5) is 5.69 Å². The summed E-state index contributed by atoms with van der Waals surface area (Å²) in [4.78, 5) is 36.8. The highest BCUT2D eigenvalue weighted by molar-refractivity contribution is 7.07. The lowest BCUT2D eigenvalue weighted by atomic mass is 10.1. The molecular weight excluding hydrogens is 388 g/mol. The van der Waals surface area contributed by atoms with Crippen LogP contribution >= 0.6 is 11.5 Å². The highest BCUT2D eigenvalue weighted by Crippen LogP contribution is 2.32. The molecule has 0 saturated carbocycles. The molecule has 1 atom stereocenters. The van der Waals surface area contributed by atoms with Gasteiger partial charge in [0.15, 0.2) is 5.82 Å². The number of likely N-dealkylation sites (tertiary alicyclic amines) is 1. The first kappa shape index (κ1) is 19.1. The molecule has 0 radical (unpaired) electrons. The van der Waals surface area contributed by atoms with Gasteiger partial charge in [0.1, 0.15) is 4.88 Å². The number of anilines is 1. The predicted molar refractivity (Wildman–Crippen MR) is 109 cm³/mol. The molecule has 2 amide bonds. The number of nitrogens with zero attached hydrogens (tertiary/aromatic N) is 5. The number of benzene rings is 1. The van der Waals surface area contributed by atoms with Crippen LogP contribution in [0.5, 0.6) is 0 Å². The van der Waals surface area contributed by atoms with Crippen LogP contribution < -0.4 is 5.32 Å². The van der Waals surface area contributed by atoms with Gasteiger partial charge >= 0.3 is 0 Å². The van der Waals surface area contributed by atoms with Crippen LogP contribution in [-0.2, 0) is 0 Å². The van der Waals surface area contributed by atoms with E-state index in [0.29, 0.717) is 39.9 Å². The summed E-state index contributed by atoms with van der Waals surface area (Å²) in [6.07, 6.45) is 3.20. The van der Waals surface area contributed by atoms with Gasteiger partial charge in [-0.2, -0.15) is 0 Å². The van der Waals surface area contributed by atoms with E-state index in [2.05, 4.69) is 24.9 Å². The molecule has 3 aromatic rings. The summed E-state index contributed by atoms with van der Waals surface area (Å²) in [7, 11) is 0. The Labute approximate surface area is 172 Å². The van der Waals surface area contributed by atoms with Gasteiger partial charge in [0, 0.05) is 18.4 Å². The second-order valence-corrected chi connectivity index (χ2v) is 7.65. The van der Waals surface area contributed by atoms with Gasteiger partial charge in [-0.3, -0.25) is 9.59 Å². The molecule has 1 N–H and O–H groups in total. The lowest BCUT2D eigenvalue weighted by Crippen LogP contribution is -2.31. The van der Waals surface area contributed by atoms with Crippen molar-refractivity contribution in [1.82, 2.24) is 24.5 Å². The zero-order chi connectivity index (χ0) is 20.4. The maximum atomic E-state index is 12.9. The summed E-state index contributed by atoms with van der Waals surface area (Å²) in [6, 6.07) is 9.02. The summed E-state index contributed by atoms with van der Waals surface area (Å²) >= 11 is 1.11. The van der Waals surface area contributed by atoms with Crippen molar-refractivity contribution in [2.45, 2.75) is 32.7 Å². The minimum Gasteiger partial charge on any atom is -0.328 e.